The molecule has 0 radical (unpaired) electrons. The highest BCUT2D eigenvalue weighted by Gasteiger charge is 2.19. The predicted molar refractivity (Wildman–Crippen MR) is 81.6 cm³/mol. The van der Waals surface area contributed by atoms with Crippen LogP contribution in [0.1, 0.15) is 42.9 Å². The van der Waals surface area contributed by atoms with E-state index in [0.717, 1.165) is 5.92 Å². The fourth-order valence-electron chi connectivity index (χ4n) is 2.60. The van der Waals surface area contributed by atoms with Crippen LogP contribution in [0.25, 0.3) is 0 Å². The molecule has 0 spiro atoms. The molecule has 1 aliphatic carbocycles. The minimum Gasteiger partial charge on any atom is -0.409 e. The maximum Gasteiger partial charge on any atom is 0.140 e. The van der Waals surface area contributed by atoms with Gasteiger partial charge in [0.2, 0.25) is 0 Å². The van der Waals surface area contributed by atoms with Gasteiger partial charge in [0.1, 0.15) is 5.84 Å². The van der Waals surface area contributed by atoms with E-state index in [1.165, 1.54) is 37.0 Å². The van der Waals surface area contributed by atoms with Gasteiger partial charge in [0.15, 0.2) is 0 Å². The zero-order chi connectivity index (χ0) is 13.5. The van der Waals surface area contributed by atoms with E-state index in [4.69, 9.17) is 10.9 Å². The number of hydrogen-bond acceptors (Lipinski definition) is 3. The summed E-state index contributed by atoms with van der Waals surface area (Å²) in [4.78, 5) is 0. The number of rotatable bonds is 6. The molecule has 2 rings (SSSR count). The fraction of sp³-hybridized carbons (Fsp3) is 0.533. The van der Waals surface area contributed by atoms with Crippen molar-refractivity contribution in [2.45, 2.75) is 37.4 Å². The van der Waals surface area contributed by atoms with Crippen molar-refractivity contribution in [1.82, 2.24) is 0 Å². The number of thioether (sulfide) groups is 1. The second-order valence-corrected chi connectivity index (χ2v) is 6.41. The molecule has 1 unspecified atom stereocenters. The van der Waals surface area contributed by atoms with Crippen molar-refractivity contribution in [2.75, 3.05) is 5.75 Å². The van der Waals surface area contributed by atoms with Crippen LogP contribution < -0.4 is 5.73 Å². The highest BCUT2D eigenvalue weighted by molar-refractivity contribution is 7.99. The molecule has 1 saturated carbocycles. The van der Waals surface area contributed by atoms with E-state index in [0.29, 0.717) is 12.3 Å². The molecule has 1 aromatic carbocycles. The number of oxime groups is 1. The van der Waals surface area contributed by atoms with Crippen molar-refractivity contribution >= 4 is 17.6 Å². The monoisotopic (exact) mass is 278 g/mol. The summed E-state index contributed by atoms with van der Waals surface area (Å²) in [5.74, 6) is 2.34. The van der Waals surface area contributed by atoms with Crippen LogP contribution in [0, 0.1) is 5.92 Å². The third kappa shape index (κ3) is 4.46. The number of nitrogens with zero attached hydrogens (tertiary/aromatic N) is 1. The second kappa shape index (κ2) is 7.43. The van der Waals surface area contributed by atoms with Crippen molar-refractivity contribution in [3.63, 3.8) is 0 Å². The van der Waals surface area contributed by atoms with Crippen molar-refractivity contribution < 1.29 is 5.21 Å². The minimum absolute atomic E-state index is 0.290. The van der Waals surface area contributed by atoms with Crippen molar-refractivity contribution in [3.8, 4) is 0 Å². The van der Waals surface area contributed by atoms with Crippen LogP contribution in [-0.4, -0.2) is 16.8 Å². The maximum absolute atomic E-state index is 8.76. The van der Waals surface area contributed by atoms with Crippen LogP contribution in [0.4, 0.5) is 0 Å². The summed E-state index contributed by atoms with van der Waals surface area (Å²) in [5.41, 5.74) is 6.94. The van der Waals surface area contributed by atoms with E-state index in [2.05, 4.69) is 17.3 Å². The Morgan fingerprint density at radius 1 is 1.32 bits per heavy atom. The molecule has 1 aromatic rings. The summed E-state index contributed by atoms with van der Waals surface area (Å²) >= 11 is 1.94. The highest BCUT2D eigenvalue weighted by Crippen LogP contribution is 2.37. The van der Waals surface area contributed by atoms with Gasteiger partial charge in [0, 0.05) is 11.7 Å². The first kappa shape index (κ1) is 14.3. The molecule has 0 heterocycles. The molecule has 1 aliphatic rings. The van der Waals surface area contributed by atoms with Crippen LogP contribution >= 0.6 is 11.8 Å². The smallest absolute Gasteiger partial charge is 0.140 e. The normalized spacial score (nSPS) is 18.6. The van der Waals surface area contributed by atoms with E-state index in [9.17, 15) is 0 Å². The van der Waals surface area contributed by atoms with E-state index < -0.39 is 0 Å². The Hall–Kier alpha value is -1.16. The Morgan fingerprint density at radius 3 is 2.63 bits per heavy atom. The van der Waals surface area contributed by atoms with Gasteiger partial charge in [-0.3, -0.25) is 0 Å². The Balaban J connectivity index is 1.97. The molecule has 0 aromatic heterocycles. The summed E-state index contributed by atoms with van der Waals surface area (Å²) in [5, 5.41) is 12.2. The first-order valence-corrected chi connectivity index (χ1v) is 7.97. The van der Waals surface area contributed by atoms with Gasteiger partial charge in [-0.1, -0.05) is 48.3 Å². The zero-order valence-corrected chi connectivity index (χ0v) is 12.0. The second-order valence-electron chi connectivity index (χ2n) is 5.18. The van der Waals surface area contributed by atoms with E-state index in [1.807, 2.05) is 30.0 Å². The zero-order valence-electron chi connectivity index (χ0n) is 11.2. The molecule has 3 N–H and O–H groups in total. The van der Waals surface area contributed by atoms with Gasteiger partial charge in [0.25, 0.3) is 0 Å². The number of nitrogens with two attached hydrogens (primary N) is 1. The molecule has 104 valence electrons. The molecular formula is C15H22N2OS. The van der Waals surface area contributed by atoms with Crippen molar-refractivity contribution in [1.29, 1.82) is 0 Å². The molecule has 0 aliphatic heterocycles. The maximum atomic E-state index is 8.76. The molecule has 19 heavy (non-hydrogen) atoms. The lowest BCUT2D eigenvalue weighted by atomic mass is 10.1. The molecule has 4 heteroatoms. The van der Waals surface area contributed by atoms with E-state index in [1.54, 1.807) is 0 Å². The van der Waals surface area contributed by atoms with Crippen LogP contribution in [0.5, 0.6) is 0 Å². The standard InChI is InChI=1S/C15H22N2OS/c16-15(17-18)10-14(13-8-2-1-3-9-13)19-11-12-6-4-5-7-12/h1-3,8-9,12,14,18H,4-7,10-11H2,(H2,16,17). The van der Waals surface area contributed by atoms with Gasteiger partial charge in [0.05, 0.1) is 0 Å². The van der Waals surface area contributed by atoms with Gasteiger partial charge in [-0.05, 0) is 30.1 Å². The van der Waals surface area contributed by atoms with Crippen LogP contribution in [0.2, 0.25) is 0 Å². The molecule has 0 amide bonds. The van der Waals surface area contributed by atoms with E-state index in [-0.39, 0.29) is 5.25 Å². The lowest BCUT2D eigenvalue weighted by molar-refractivity contribution is 0.317. The summed E-state index contributed by atoms with van der Waals surface area (Å²) in [6.07, 6.45) is 6.08. The largest absolute Gasteiger partial charge is 0.409 e. The quantitative estimate of drug-likeness (QED) is 0.360. The van der Waals surface area contributed by atoms with Gasteiger partial charge in [-0.2, -0.15) is 11.8 Å². The fourth-order valence-corrected chi connectivity index (χ4v) is 4.08. The van der Waals surface area contributed by atoms with Gasteiger partial charge < -0.3 is 10.9 Å². The van der Waals surface area contributed by atoms with Gasteiger partial charge in [-0.25, -0.2) is 0 Å². The summed E-state index contributed by atoms with van der Waals surface area (Å²) in [6.45, 7) is 0. The molecule has 1 fully saturated rings. The van der Waals surface area contributed by atoms with Crippen molar-refractivity contribution in [3.05, 3.63) is 35.9 Å². The topological polar surface area (TPSA) is 58.6 Å². The summed E-state index contributed by atoms with van der Waals surface area (Å²) in [7, 11) is 0. The Bertz CT molecular complexity index is 402. The number of hydrogen-bond donors (Lipinski definition) is 2. The van der Waals surface area contributed by atoms with E-state index >= 15 is 0 Å². The Morgan fingerprint density at radius 2 is 2.00 bits per heavy atom. The predicted octanol–water partition coefficient (Wildman–Crippen LogP) is 3.79. The highest BCUT2D eigenvalue weighted by atomic mass is 32.2. The average molecular weight is 278 g/mol. The number of benzene rings is 1. The summed E-state index contributed by atoms with van der Waals surface area (Å²) < 4.78 is 0. The van der Waals surface area contributed by atoms with Crippen molar-refractivity contribution in [2.24, 2.45) is 16.8 Å². The summed E-state index contributed by atoms with van der Waals surface area (Å²) in [6, 6.07) is 10.4. The Kier molecular flexibility index (Phi) is 5.58. The molecule has 0 bridgehead atoms. The SMILES string of the molecule is NC(CC(SCC1CCCC1)c1ccccc1)=NO. The average Bonchev–Trinajstić information content (AvgIpc) is 2.97. The van der Waals surface area contributed by atoms with Crippen LogP contribution in [0.3, 0.4) is 0 Å². The molecule has 0 saturated heterocycles. The lowest BCUT2D eigenvalue weighted by Gasteiger charge is -2.18. The number of amidine groups is 1. The lowest BCUT2D eigenvalue weighted by Crippen LogP contribution is -2.15. The molecular weight excluding hydrogens is 256 g/mol. The molecule has 3 nitrogen and oxygen atoms in total. The Labute approximate surface area is 119 Å². The molecule has 1 atom stereocenters. The first-order chi connectivity index (χ1) is 9.29. The first-order valence-electron chi connectivity index (χ1n) is 6.92. The van der Waals surface area contributed by atoms with Gasteiger partial charge in [-0.15, -0.1) is 0 Å². The van der Waals surface area contributed by atoms with Gasteiger partial charge >= 0.3 is 0 Å². The van der Waals surface area contributed by atoms with Crippen LogP contribution in [-0.2, 0) is 0 Å². The minimum atomic E-state index is 0.290. The third-order valence-corrected chi connectivity index (χ3v) is 5.21. The van der Waals surface area contributed by atoms with Crippen LogP contribution in [0.15, 0.2) is 35.5 Å². The third-order valence-electron chi connectivity index (χ3n) is 3.70.